The zero-order valence-corrected chi connectivity index (χ0v) is 12.3. The molecule has 1 aromatic heterocycles. The van der Waals surface area contributed by atoms with E-state index in [1.165, 1.54) is 30.6 Å². The van der Waals surface area contributed by atoms with Gasteiger partial charge in [-0.15, -0.1) is 0 Å². The van der Waals surface area contributed by atoms with Crippen molar-refractivity contribution in [2.45, 2.75) is 44.5 Å². The van der Waals surface area contributed by atoms with Gasteiger partial charge in [-0.1, -0.05) is 35.8 Å². The largest absolute Gasteiger partial charge is 0.353 e. The Bertz CT molecular complexity index is 361. The van der Waals surface area contributed by atoms with E-state index in [-0.39, 0.29) is 0 Å². The number of aromatic nitrogens is 1. The van der Waals surface area contributed by atoms with Crippen LogP contribution in [0.1, 0.15) is 38.7 Å². The zero-order valence-electron chi connectivity index (χ0n) is 10.7. The van der Waals surface area contributed by atoms with E-state index in [1.54, 1.807) is 0 Å². The Labute approximate surface area is 113 Å². The molecule has 3 heteroatoms. The summed E-state index contributed by atoms with van der Waals surface area (Å²) in [5, 5.41) is 0.890. The van der Waals surface area contributed by atoms with Gasteiger partial charge < -0.3 is 4.90 Å². The highest BCUT2D eigenvalue weighted by Gasteiger charge is 2.30. The quantitative estimate of drug-likeness (QED) is 0.738. The fraction of sp³-hybridized carbons (Fsp3) is 0.643. The second kappa shape index (κ2) is 5.85. The van der Waals surface area contributed by atoms with Crippen LogP contribution in [0.2, 0.25) is 0 Å². The predicted molar refractivity (Wildman–Crippen MR) is 76.7 cm³/mol. The lowest BCUT2D eigenvalue weighted by Crippen LogP contribution is -2.29. The highest BCUT2D eigenvalue weighted by atomic mass is 79.9. The molecule has 0 N–H and O–H groups in total. The van der Waals surface area contributed by atoms with Crippen molar-refractivity contribution in [3.63, 3.8) is 0 Å². The van der Waals surface area contributed by atoms with Gasteiger partial charge in [-0.05, 0) is 31.2 Å². The number of rotatable bonds is 6. The van der Waals surface area contributed by atoms with Crippen molar-refractivity contribution in [3.8, 4) is 0 Å². The fourth-order valence-corrected chi connectivity index (χ4v) is 2.48. The van der Waals surface area contributed by atoms with Crippen LogP contribution in [0.4, 0.5) is 5.82 Å². The van der Waals surface area contributed by atoms with Gasteiger partial charge in [0, 0.05) is 29.7 Å². The first-order valence-electron chi connectivity index (χ1n) is 6.49. The molecule has 0 amide bonds. The third-order valence-electron chi connectivity index (χ3n) is 3.22. The van der Waals surface area contributed by atoms with Crippen LogP contribution in [-0.2, 0) is 5.33 Å². The number of alkyl halides is 1. The van der Waals surface area contributed by atoms with E-state index in [2.05, 4.69) is 45.7 Å². The maximum Gasteiger partial charge on any atom is 0.132 e. The van der Waals surface area contributed by atoms with E-state index in [0.717, 1.165) is 23.8 Å². The third kappa shape index (κ3) is 3.44. The van der Waals surface area contributed by atoms with E-state index < -0.39 is 0 Å². The molecule has 1 aliphatic rings. The molecule has 0 saturated heterocycles. The number of nitrogens with zero attached hydrogens (tertiary/aromatic N) is 2. The van der Waals surface area contributed by atoms with Crippen LogP contribution in [0, 0.1) is 5.92 Å². The zero-order chi connectivity index (χ0) is 12.3. The molecular formula is C14H21BrN2. The Morgan fingerprint density at radius 3 is 2.82 bits per heavy atom. The standard InChI is InChI=1S/C14H21BrN2/c1-11(2)7-9-17(13-5-6-13)14-12(10-15)4-3-8-16-14/h3-4,8,11,13H,5-7,9-10H2,1-2H3. The minimum atomic E-state index is 0.737. The molecule has 0 unspecified atom stereocenters. The molecule has 1 saturated carbocycles. The molecule has 0 aliphatic heterocycles. The van der Waals surface area contributed by atoms with Gasteiger partial charge in [0.05, 0.1) is 0 Å². The van der Waals surface area contributed by atoms with Gasteiger partial charge in [0.1, 0.15) is 5.82 Å². The van der Waals surface area contributed by atoms with E-state index in [1.807, 2.05) is 12.3 Å². The summed E-state index contributed by atoms with van der Waals surface area (Å²) in [6.07, 6.45) is 5.81. The van der Waals surface area contributed by atoms with Gasteiger partial charge in [0.25, 0.3) is 0 Å². The van der Waals surface area contributed by atoms with Gasteiger partial charge >= 0.3 is 0 Å². The molecule has 2 rings (SSSR count). The summed E-state index contributed by atoms with van der Waals surface area (Å²) in [6, 6.07) is 4.93. The SMILES string of the molecule is CC(C)CCN(c1ncccc1CBr)C1CC1. The van der Waals surface area contributed by atoms with Crippen molar-refractivity contribution < 1.29 is 0 Å². The molecule has 0 bridgehead atoms. The maximum atomic E-state index is 4.58. The highest BCUT2D eigenvalue weighted by Crippen LogP contribution is 2.33. The number of pyridine rings is 1. The molecule has 1 heterocycles. The van der Waals surface area contributed by atoms with E-state index in [4.69, 9.17) is 0 Å². The summed E-state index contributed by atoms with van der Waals surface area (Å²) in [7, 11) is 0. The molecule has 1 aliphatic carbocycles. The van der Waals surface area contributed by atoms with Crippen molar-refractivity contribution in [1.29, 1.82) is 0 Å². The molecule has 0 radical (unpaired) electrons. The minimum absolute atomic E-state index is 0.737. The van der Waals surface area contributed by atoms with Gasteiger partial charge in [0.15, 0.2) is 0 Å². The number of halogens is 1. The summed E-state index contributed by atoms with van der Waals surface area (Å²) in [5.41, 5.74) is 1.31. The second-order valence-electron chi connectivity index (χ2n) is 5.23. The molecule has 94 valence electrons. The van der Waals surface area contributed by atoms with Gasteiger partial charge in [0.2, 0.25) is 0 Å². The highest BCUT2D eigenvalue weighted by molar-refractivity contribution is 9.08. The Kier molecular flexibility index (Phi) is 4.43. The van der Waals surface area contributed by atoms with Crippen LogP contribution in [0.25, 0.3) is 0 Å². The van der Waals surface area contributed by atoms with Crippen molar-refractivity contribution >= 4 is 21.7 Å². The number of anilines is 1. The number of hydrogen-bond donors (Lipinski definition) is 0. The third-order valence-corrected chi connectivity index (χ3v) is 3.82. The monoisotopic (exact) mass is 296 g/mol. The Morgan fingerprint density at radius 2 is 2.24 bits per heavy atom. The predicted octanol–water partition coefficient (Wildman–Crippen LogP) is 3.99. The van der Waals surface area contributed by atoms with Crippen LogP contribution in [-0.4, -0.2) is 17.6 Å². The first-order valence-corrected chi connectivity index (χ1v) is 7.61. The Morgan fingerprint density at radius 1 is 1.47 bits per heavy atom. The van der Waals surface area contributed by atoms with Crippen molar-refractivity contribution in [2.75, 3.05) is 11.4 Å². The van der Waals surface area contributed by atoms with Crippen LogP contribution >= 0.6 is 15.9 Å². The van der Waals surface area contributed by atoms with Crippen molar-refractivity contribution in [1.82, 2.24) is 4.98 Å². The first-order chi connectivity index (χ1) is 8.22. The normalized spacial score (nSPS) is 15.3. The van der Waals surface area contributed by atoms with E-state index in [0.29, 0.717) is 0 Å². The average molecular weight is 297 g/mol. The van der Waals surface area contributed by atoms with Gasteiger partial charge in [-0.3, -0.25) is 0 Å². The minimum Gasteiger partial charge on any atom is -0.353 e. The second-order valence-corrected chi connectivity index (χ2v) is 5.79. The maximum absolute atomic E-state index is 4.58. The molecule has 1 aromatic rings. The van der Waals surface area contributed by atoms with Crippen LogP contribution in [0.3, 0.4) is 0 Å². The van der Waals surface area contributed by atoms with Gasteiger partial charge in [-0.2, -0.15) is 0 Å². The number of hydrogen-bond acceptors (Lipinski definition) is 2. The summed E-state index contributed by atoms with van der Waals surface area (Å²) in [5.74, 6) is 1.94. The topological polar surface area (TPSA) is 16.1 Å². The summed E-state index contributed by atoms with van der Waals surface area (Å²) < 4.78 is 0. The summed E-state index contributed by atoms with van der Waals surface area (Å²) in [6.45, 7) is 5.71. The average Bonchev–Trinajstić information content (AvgIpc) is 3.14. The molecule has 1 fully saturated rings. The molecule has 0 atom stereocenters. The van der Waals surface area contributed by atoms with Crippen LogP contribution < -0.4 is 4.90 Å². The Balaban J connectivity index is 2.14. The molecule has 0 spiro atoms. The molecular weight excluding hydrogens is 276 g/mol. The lowest BCUT2D eigenvalue weighted by atomic mass is 10.1. The first kappa shape index (κ1) is 12.9. The van der Waals surface area contributed by atoms with Crippen molar-refractivity contribution in [2.24, 2.45) is 5.92 Å². The van der Waals surface area contributed by atoms with E-state index in [9.17, 15) is 0 Å². The fourth-order valence-electron chi connectivity index (χ4n) is 2.04. The van der Waals surface area contributed by atoms with Gasteiger partial charge in [-0.25, -0.2) is 4.98 Å². The summed E-state index contributed by atoms with van der Waals surface area (Å²) >= 11 is 3.56. The smallest absolute Gasteiger partial charge is 0.132 e. The molecule has 2 nitrogen and oxygen atoms in total. The lowest BCUT2D eigenvalue weighted by molar-refractivity contribution is 0.568. The van der Waals surface area contributed by atoms with Crippen LogP contribution in [0.15, 0.2) is 18.3 Å². The molecule has 17 heavy (non-hydrogen) atoms. The summed E-state index contributed by atoms with van der Waals surface area (Å²) in [4.78, 5) is 7.10. The van der Waals surface area contributed by atoms with E-state index >= 15 is 0 Å². The Hall–Kier alpha value is -0.570. The lowest BCUT2D eigenvalue weighted by Gasteiger charge is -2.26. The van der Waals surface area contributed by atoms with Crippen molar-refractivity contribution in [3.05, 3.63) is 23.9 Å². The molecule has 0 aromatic carbocycles. The van der Waals surface area contributed by atoms with Crippen LogP contribution in [0.5, 0.6) is 0 Å².